The lowest BCUT2D eigenvalue weighted by Gasteiger charge is -2.32. The van der Waals surface area contributed by atoms with Crippen molar-refractivity contribution in [1.29, 1.82) is 0 Å². The van der Waals surface area contributed by atoms with Crippen LogP contribution in [0.1, 0.15) is 54.0 Å². The highest BCUT2D eigenvalue weighted by Gasteiger charge is 2.52. The van der Waals surface area contributed by atoms with Crippen LogP contribution in [0.15, 0.2) is 23.9 Å². The van der Waals surface area contributed by atoms with Gasteiger partial charge in [0.15, 0.2) is 0 Å². The summed E-state index contributed by atoms with van der Waals surface area (Å²) >= 11 is 0. The van der Waals surface area contributed by atoms with Crippen LogP contribution in [0.5, 0.6) is 0 Å². The molecule has 27 heavy (non-hydrogen) atoms. The smallest absolute Gasteiger partial charge is 0.444 e. The summed E-state index contributed by atoms with van der Waals surface area (Å²) < 4.78 is 17.6. The zero-order chi connectivity index (χ0) is 20.5. The second kappa shape index (κ2) is 7.52. The molecule has 0 atom stereocenters. The van der Waals surface area contributed by atoms with Crippen molar-refractivity contribution in [3.8, 4) is 0 Å². The van der Waals surface area contributed by atoms with Gasteiger partial charge in [-0.15, -0.1) is 0 Å². The minimum Gasteiger partial charge on any atom is -0.444 e. The quantitative estimate of drug-likeness (QED) is 0.785. The van der Waals surface area contributed by atoms with Gasteiger partial charge in [-0.25, -0.2) is 4.79 Å². The molecular weight excluding hydrogens is 345 g/mol. The van der Waals surface area contributed by atoms with Gasteiger partial charge >= 0.3 is 13.2 Å². The predicted octanol–water partition coefficient (Wildman–Crippen LogP) is 3.20. The molecule has 1 saturated heterocycles. The molecule has 3 N–H and O–H groups in total. The number of ether oxygens (including phenoxy) is 1. The van der Waals surface area contributed by atoms with E-state index in [2.05, 4.69) is 10.3 Å². The summed E-state index contributed by atoms with van der Waals surface area (Å²) in [6, 6.07) is 1.80. The molecular formula is C19H30BN3O4. The summed E-state index contributed by atoms with van der Waals surface area (Å²) in [6.07, 6.45) is 4.59. The Morgan fingerprint density at radius 3 is 2.41 bits per heavy atom. The third kappa shape index (κ3) is 5.46. The Hall–Kier alpha value is -2.06. The monoisotopic (exact) mass is 375 g/mol. The number of hydrogen-bond acceptors (Lipinski definition) is 6. The topological polar surface area (TPSA) is 95.7 Å². The Morgan fingerprint density at radius 1 is 1.30 bits per heavy atom. The molecule has 2 heterocycles. The Bertz CT molecular complexity index is 710. The van der Waals surface area contributed by atoms with E-state index in [9.17, 15) is 4.79 Å². The molecule has 148 valence electrons. The van der Waals surface area contributed by atoms with Crippen LogP contribution in [-0.4, -0.2) is 41.5 Å². The van der Waals surface area contributed by atoms with Gasteiger partial charge in [0.1, 0.15) is 5.60 Å². The van der Waals surface area contributed by atoms with Crippen LogP contribution in [0, 0.1) is 0 Å². The molecule has 1 aromatic rings. The molecule has 1 aromatic heterocycles. The van der Waals surface area contributed by atoms with Crippen molar-refractivity contribution in [2.24, 2.45) is 0 Å². The third-order valence-corrected chi connectivity index (χ3v) is 4.62. The van der Waals surface area contributed by atoms with E-state index in [1.54, 1.807) is 18.5 Å². The molecule has 0 aliphatic carbocycles. The van der Waals surface area contributed by atoms with Crippen LogP contribution in [0.2, 0.25) is 0 Å². The van der Waals surface area contributed by atoms with Crippen LogP contribution in [-0.2, 0) is 14.0 Å². The molecule has 0 bridgehead atoms. The number of pyridine rings is 1. The molecule has 7 nitrogen and oxygen atoms in total. The van der Waals surface area contributed by atoms with Gasteiger partial charge < -0.3 is 25.1 Å². The summed E-state index contributed by atoms with van der Waals surface area (Å²) in [5.41, 5.74) is 6.49. The SMILES string of the molecule is CC(C)(C)OC(=O)NCC(=Cc1ccncc1N)B1OC(C)(C)C(C)(C)O1. The van der Waals surface area contributed by atoms with Gasteiger partial charge in [0, 0.05) is 12.7 Å². The summed E-state index contributed by atoms with van der Waals surface area (Å²) in [4.78, 5) is 16.1. The first-order valence-corrected chi connectivity index (χ1v) is 9.03. The van der Waals surface area contributed by atoms with E-state index in [-0.39, 0.29) is 6.54 Å². The molecule has 1 amide bonds. The summed E-state index contributed by atoms with van der Waals surface area (Å²) in [6.45, 7) is 13.6. The number of rotatable bonds is 4. The minimum atomic E-state index is -0.613. The van der Waals surface area contributed by atoms with Gasteiger partial charge in [0.25, 0.3) is 0 Å². The van der Waals surface area contributed by atoms with Gasteiger partial charge in [-0.2, -0.15) is 0 Å². The Morgan fingerprint density at radius 2 is 1.89 bits per heavy atom. The first kappa shape index (κ1) is 21.2. The fraction of sp³-hybridized carbons (Fsp3) is 0.579. The highest BCUT2D eigenvalue weighted by atomic mass is 16.7. The number of nitrogens with two attached hydrogens (primary N) is 1. The van der Waals surface area contributed by atoms with E-state index in [0.29, 0.717) is 5.69 Å². The van der Waals surface area contributed by atoms with Crippen LogP contribution in [0.4, 0.5) is 10.5 Å². The van der Waals surface area contributed by atoms with Crippen LogP contribution in [0.3, 0.4) is 0 Å². The lowest BCUT2D eigenvalue weighted by atomic mass is 9.77. The number of anilines is 1. The van der Waals surface area contributed by atoms with Crippen molar-refractivity contribution in [2.45, 2.75) is 65.3 Å². The number of nitrogens with zero attached hydrogens (tertiary/aromatic N) is 1. The van der Waals surface area contributed by atoms with Crippen molar-refractivity contribution in [1.82, 2.24) is 10.3 Å². The highest BCUT2D eigenvalue weighted by molar-refractivity contribution is 6.56. The Balaban J connectivity index is 2.25. The molecule has 0 aromatic carbocycles. The number of nitrogen functional groups attached to an aromatic ring is 1. The van der Waals surface area contributed by atoms with Gasteiger partial charge in [-0.1, -0.05) is 6.08 Å². The van der Waals surface area contributed by atoms with Gasteiger partial charge in [0.2, 0.25) is 0 Å². The first-order chi connectivity index (χ1) is 12.3. The minimum absolute atomic E-state index is 0.202. The number of hydrogen-bond donors (Lipinski definition) is 2. The first-order valence-electron chi connectivity index (χ1n) is 9.03. The van der Waals surface area contributed by atoms with Gasteiger partial charge in [0.05, 0.1) is 23.1 Å². The lowest BCUT2D eigenvalue weighted by molar-refractivity contribution is 0.00578. The summed E-state index contributed by atoms with van der Waals surface area (Å²) in [5.74, 6) is 0. The van der Waals surface area contributed by atoms with Gasteiger partial charge in [-0.05, 0) is 65.6 Å². The van der Waals surface area contributed by atoms with Crippen LogP contribution in [0.25, 0.3) is 6.08 Å². The molecule has 0 radical (unpaired) electrons. The molecule has 0 saturated carbocycles. The van der Waals surface area contributed by atoms with Crippen molar-refractivity contribution in [3.63, 3.8) is 0 Å². The second-order valence-corrected chi connectivity index (χ2v) is 8.67. The standard InChI is InChI=1S/C19H30BN3O4/c1-17(2,3)25-16(24)23-11-14(10-13-8-9-22-12-15(13)21)20-26-18(4,5)19(6,7)27-20/h8-10,12H,11,21H2,1-7H3,(H,23,24). The number of nitrogens with one attached hydrogen (secondary N) is 1. The molecule has 1 aliphatic rings. The number of amides is 1. The van der Waals surface area contributed by atoms with Crippen LogP contribution < -0.4 is 11.1 Å². The third-order valence-electron chi connectivity index (χ3n) is 4.62. The highest BCUT2D eigenvalue weighted by Crippen LogP contribution is 2.38. The molecule has 1 fully saturated rings. The van der Waals surface area contributed by atoms with E-state index in [1.807, 2.05) is 54.5 Å². The van der Waals surface area contributed by atoms with Crippen molar-refractivity contribution >= 4 is 25.0 Å². The number of aromatic nitrogens is 1. The molecule has 0 spiro atoms. The molecule has 1 aliphatic heterocycles. The zero-order valence-corrected chi connectivity index (χ0v) is 17.3. The number of carbonyl (C=O) groups is 1. The average molecular weight is 375 g/mol. The number of alkyl carbamates (subject to hydrolysis) is 1. The average Bonchev–Trinajstić information content (AvgIpc) is 2.71. The molecule has 2 rings (SSSR count). The van der Waals surface area contributed by atoms with E-state index in [4.69, 9.17) is 19.8 Å². The van der Waals surface area contributed by atoms with Crippen molar-refractivity contribution in [2.75, 3.05) is 12.3 Å². The second-order valence-electron chi connectivity index (χ2n) is 8.67. The predicted molar refractivity (Wildman–Crippen MR) is 107 cm³/mol. The van der Waals surface area contributed by atoms with E-state index >= 15 is 0 Å². The van der Waals surface area contributed by atoms with E-state index < -0.39 is 30.0 Å². The number of carbonyl (C=O) groups excluding carboxylic acids is 1. The zero-order valence-electron chi connectivity index (χ0n) is 17.3. The normalized spacial score (nSPS) is 19.1. The fourth-order valence-electron chi connectivity index (χ4n) is 2.43. The Kier molecular flexibility index (Phi) is 5.92. The van der Waals surface area contributed by atoms with E-state index in [0.717, 1.165) is 11.0 Å². The Labute approximate surface area is 161 Å². The van der Waals surface area contributed by atoms with Gasteiger partial charge in [-0.3, -0.25) is 4.98 Å². The maximum atomic E-state index is 12.1. The molecule has 8 heteroatoms. The maximum Gasteiger partial charge on any atom is 0.492 e. The summed E-state index contributed by atoms with van der Waals surface area (Å²) in [7, 11) is -0.613. The van der Waals surface area contributed by atoms with Crippen molar-refractivity contribution in [3.05, 3.63) is 29.5 Å². The maximum absolute atomic E-state index is 12.1. The lowest BCUT2D eigenvalue weighted by Crippen LogP contribution is -2.41. The molecule has 0 unspecified atom stereocenters. The largest absolute Gasteiger partial charge is 0.492 e. The van der Waals surface area contributed by atoms with E-state index in [1.165, 1.54) is 0 Å². The summed E-state index contributed by atoms with van der Waals surface area (Å²) in [5, 5.41) is 2.76. The van der Waals surface area contributed by atoms with Crippen LogP contribution >= 0.6 is 0 Å². The fourth-order valence-corrected chi connectivity index (χ4v) is 2.43. The van der Waals surface area contributed by atoms with Crippen molar-refractivity contribution < 1.29 is 18.8 Å².